The Kier molecular flexibility index (Phi) is 11.0. The Morgan fingerprint density at radius 2 is 1.85 bits per heavy atom. The van der Waals surface area contributed by atoms with Gasteiger partial charge in [0.1, 0.15) is 18.1 Å². The third-order valence-electron chi connectivity index (χ3n) is 4.65. The second-order valence-electron chi connectivity index (χ2n) is 6.95. The van der Waals surface area contributed by atoms with Crippen molar-refractivity contribution in [2.45, 2.75) is 19.6 Å². The second-order valence-corrected chi connectivity index (χ2v) is 6.95. The van der Waals surface area contributed by atoms with Gasteiger partial charge >= 0.3 is 0 Å². The van der Waals surface area contributed by atoms with E-state index in [4.69, 9.17) is 9.15 Å². The van der Waals surface area contributed by atoms with E-state index in [9.17, 15) is 4.79 Å². The third-order valence-corrected chi connectivity index (χ3v) is 4.65. The molecule has 3 N–H and O–H groups in total. The molecule has 0 radical (unpaired) electrons. The number of carbonyl (C=O) groups is 1. The number of ether oxygens (including phenoxy) is 1. The lowest BCUT2D eigenvalue weighted by Crippen LogP contribution is -2.36. The molecule has 2 aromatic carbocycles. The zero-order valence-electron chi connectivity index (χ0n) is 18.5. The molecule has 7 nitrogen and oxygen atoms in total. The molecule has 0 unspecified atom stereocenters. The van der Waals surface area contributed by atoms with Gasteiger partial charge in [-0.15, -0.1) is 24.0 Å². The summed E-state index contributed by atoms with van der Waals surface area (Å²) in [6.07, 6.45) is 3.30. The summed E-state index contributed by atoms with van der Waals surface area (Å²) in [5, 5.41) is 9.42. The monoisotopic (exact) mass is 560 g/mol. The highest BCUT2D eigenvalue weighted by atomic mass is 127. The first kappa shape index (κ1) is 26.0. The van der Waals surface area contributed by atoms with Crippen LogP contribution in [0.4, 0.5) is 0 Å². The van der Waals surface area contributed by atoms with Crippen LogP contribution in [0.15, 0.2) is 89.0 Å². The summed E-state index contributed by atoms with van der Waals surface area (Å²) in [6.45, 7) is 5.57. The zero-order chi connectivity index (χ0) is 22.6. The molecule has 33 heavy (non-hydrogen) atoms. The van der Waals surface area contributed by atoms with Gasteiger partial charge < -0.3 is 25.1 Å². The Balaban J connectivity index is 0.00000385. The van der Waals surface area contributed by atoms with Crippen LogP contribution in [0.5, 0.6) is 5.75 Å². The number of aliphatic imine (C=N–C) groups is 1. The minimum Gasteiger partial charge on any atom is -0.489 e. The van der Waals surface area contributed by atoms with Crippen LogP contribution in [-0.4, -0.2) is 25.5 Å². The molecule has 0 bridgehead atoms. The van der Waals surface area contributed by atoms with Gasteiger partial charge in [0.05, 0.1) is 12.8 Å². The molecule has 0 atom stereocenters. The predicted octanol–water partition coefficient (Wildman–Crippen LogP) is 4.26. The number of hydrogen-bond donors (Lipinski definition) is 3. The largest absolute Gasteiger partial charge is 0.489 e. The second kappa shape index (κ2) is 14.0. The van der Waals surface area contributed by atoms with E-state index in [1.54, 1.807) is 31.5 Å². The summed E-state index contributed by atoms with van der Waals surface area (Å²) in [4.78, 5) is 16.7. The lowest BCUT2D eigenvalue weighted by Gasteiger charge is -2.14. The number of amides is 1. The number of carbonyl (C=O) groups excluding carboxylic acids is 1. The fourth-order valence-electron chi connectivity index (χ4n) is 3.03. The van der Waals surface area contributed by atoms with Gasteiger partial charge in [-0.2, -0.15) is 0 Å². The van der Waals surface area contributed by atoms with Crippen molar-refractivity contribution in [3.63, 3.8) is 0 Å². The highest BCUT2D eigenvalue weighted by Crippen LogP contribution is 2.17. The van der Waals surface area contributed by atoms with Crippen molar-refractivity contribution in [1.82, 2.24) is 16.0 Å². The molecule has 0 spiro atoms. The first-order valence-corrected chi connectivity index (χ1v) is 10.3. The van der Waals surface area contributed by atoms with Crippen molar-refractivity contribution in [3.8, 4) is 5.75 Å². The maximum Gasteiger partial charge on any atom is 0.251 e. The van der Waals surface area contributed by atoms with Gasteiger partial charge in [0.15, 0.2) is 5.96 Å². The van der Waals surface area contributed by atoms with Crippen LogP contribution in [-0.2, 0) is 19.6 Å². The molecule has 1 aromatic heterocycles. The molecule has 0 aliphatic carbocycles. The van der Waals surface area contributed by atoms with Gasteiger partial charge in [0, 0.05) is 31.3 Å². The molecule has 0 aliphatic rings. The maximum absolute atomic E-state index is 12.4. The Labute approximate surface area is 211 Å². The van der Waals surface area contributed by atoms with Gasteiger partial charge in [-0.1, -0.05) is 43.0 Å². The van der Waals surface area contributed by atoms with E-state index in [1.165, 1.54) is 0 Å². The SMILES string of the molecule is C=CCOc1ccccc1CNC(=NC)NCc1cccc(C(=O)NCc2ccco2)c1.I. The summed E-state index contributed by atoms with van der Waals surface area (Å²) in [5.74, 6) is 2.02. The van der Waals surface area contributed by atoms with E-state index in [2.05, 4.69) is 27.5 Å². The first-order valence-electron chi connectivity index (χ1n) is 10.3. The lowest BCUT2D eigenvalue weighted by atomic mass is 10.1. The number of furan rings is 1. The normalized spacial score (nSPS) is 10.6. The molecule has 3 rings (SSSR count). The molecule has 1 amide bonds. The average molecular weight is 560 g/mol. The topological polar surface area (TPSA) is 87.9 Å². The molecule has 0 saturated carbocycles. The van der Waals surface area contributed by atoms with Crippen LogP contribution >= 0.6 is 24.0 Å². The van der Waals surface area contributed by atoms with E-state index in [1.807, 2.05) is 48.5 Å². The van der Waals surface area contributed by atoms with Crippen LogP contribution in [0, 0.1) is 0 Å². The number of guanidine groups is 1. The predicted molar refractivity (Wildman–Crippen MR) is 141 cm³/mol. The standard InChI is InChI=1S/C25H28N4O3.HI/c1-3-13-32-23-12-5-4-9-21(23)17-29-25(26-2)28-16-19-8-6-10-20(15-19)24(30)27-18-22-11-7-14-31-22;/h3-12,14-15H,1,13,16-18H2,2H3,(H,27,30)(H2,26,28,29);1H. The fraction of sp³-hybridized carbons (Fsp3) is 0.200. The summed E-state index contributed by atoms with van der Waals surface area (Å²) < 4.78 is 10.9. The number of para-hydroxylation sites is 1. The lowest BCUT2D eigenvalue weighted by molar-refractivity contribution is 0.0948. The number of rotatable bonds is 10. The Bertz CT molecular complexity index is 1050. The molecular weight excluding hydrogens is 531 g/mol. The van der Waals surface area contributed by atoms with Crippen LogP contribution in [0.1, 0.15) is 27.2 Å². The highest BCUT2D eigenvalue weighted by Gasteiger charge is 2.08. The number of hydrogen-bond acceptors (Lipinski definition) is 4. The van der Waals surface area contributed by atoms with Crippen molar-refractivity contribution in [2.75, 3.05) is 13.7 Å². The Hall–Kier alpha value is -3.27. The van der Waals surface area contributed by atoms with Crippen LogP contribution < -0.4 is 20.7 Å². The van der Waals surface area contributed by atoms with Crippen molar-refractivity contribution >= 4 is 35.8 Å². The van der Waals surface area contributed by atoms with Crippen molar-refractivity contribution < 1.29 is 13.9 Å². The number of halogens is 1. The van der Waals surface area contributed by atoms with Gasteiger partial charge in [0.25, 0.3) is 5.91 Å². The van der Waals surface area contributed by atoms with E-state index in [0.29, 0.717) is 43.5 Å². The smallest absolute Gasteiger partial charge is 0.251 e. The van der Waals surface area contributed by atoms with Crippen molar-refractivity contribution in [2.24, 2.45) is 4.99 Å². The number of nitrogens with zero attached hydrogens (tertiary/aromatic N) is 1. The molecule has 174 valence electrons. The Morgan fingerprint density at radius 1 is 1.03 bits per heavy atom. The minimum atomic E-state index is -0.151. The first-order chi connectivity index (χ1) is 15.7. The van der Waals surface area contributed by atoms with E-state index < -0.39 is 0 Å². The molecule has 0 fully saturated rings. The Morgan fingerprint density at radius 3 is 2.61 bits per heavy atom. The third kappa shape index (κ3) is 8.30. The van der Waals surface area contributed by atoms with Crippen LogP contribution in [0.25, 0.3) is 0 Å². The molecule has 0 saturated heterocycles. The zero-order valence-corrected chi connectivity index (χ0v) is 20.9. The molecule has 0 aliphatic heterocycles. The molecule has 1 heterocycles. The molecule has 8 heteroatoms. The highest BCUT2D eigenvalue weighted by molar-refractivity contribution is 14.0. The summed E-state index contributed by atoms with van der Waals surface area (Å²) in [7, 11) is 1.72. The van der Waals surface area contributed by atoms with Gasteiger partial charge in [-0.3, -0.25) is 9.79 Å². The van der Waals surface area contributed by atoms with E-state index in [-0.39, 0.29) is 29.9 Å². The average Bonchev–Trinajstić information content (AvgIpc) is 3.36. The number of nitrogens with one attached hydrogen (secondary N) is 3. The summed E-state index contributed by atoms with van der Waals surface area (Å²) in [6, 6.07) is 18.9. The van der Waals surface area contributed by atoms with Gasteiger partial charge in [0.2, 0.25) is 0 Å². The maximum atomic E-state index is 12.4. The fourth-order valence-corrected chi connectivity index (χ4v) is 3.03. The molecule has 3 aromatic rings. The van der Waals surface area contributed by atoms with E-state index >= 15 is 0 Å². The van der Waals surface area contributed by atoms with Crippen molar-refractivity contribution in [3.05, 3.63) is 102 Å². The van der Waals surface area contributed by atoms with Crippen LogP contribution in [0.2, 0.25) is 0 Å². The number of benzene rings is 2. The molecular formula is C25H29IN4O3. The summed E-state index contributed by atoms with van der Waals surface area (Å²) >= 11 is 0. The quantitative estimate of drug-likeness (QED) is 0.149. The summed E-state index contributed by atoms with van der Waals surface area (Å²) in [5.41, 5.74) is 2.58. The van der Waals surface area contributed by atoms with Crippen molar-refractivity contribution in [1.29, 1.82) is 0 Å². The van der Waals surface area contributed by atoms with Crippen LogP contribution in [0.3, 0.4) is 0 Å². The van der Waals surface area contributed by atoms with Gasteiger partial charge in [-0.25, -0.2) is 0 Å². The minimum absolute atomic E-state index is 0. The van der Waals surface area contributed by atoms with E-state index in [0.717, 1.165) is 16.9 Å². The van der Waals surface area contributed by atoms with Gasteiger partial charge in [-0.05, 0) is 35.9 Å².